The lowest BCUT2D eigenvalue weighted by Gasteiger charge is -2.37. The molecule has 36 heavy (non-hydrogen) atoms. The van der Waals surface area contributed by atoms with E-state index >= 15 is 0 Å². The Kier molecular flexibility index (Phi) is 6.40. The summed E-state index contributed by atoms with van der Waals surface area (Å²) in [5, 5.41) is 2.60. The van der Waals surface area contributed by atoms with Crippen molar-refractivity contribution >= 4 is 5.91 Å². The number of nitrogens with one attached hydrogen (secondary N) is 1. The summed E-state index contributed by atoms with van der Waals surface area (Å²) in [5.41, 5.74) is 1.08. The summed E-state index contributed by atoms with van der Waals surface area (Å²) in [6.07, 6.45) is -2.48. The Hall–Kier alpha value is -3.85. The van der Waals surface area contributed by atoms with Gasteiger partial charge in [0.15, 0.2) is 5.76 Å². The van der Waals surface area contributed by atoms with Crippen molar-refractivity contribution in [1.82, 2.24) is 14.8 Å². The monoisotopic (exact) mass is 497 g/mol. The first-order chi connectivity index (χ1) is 17.3. The lowest BCUT2D eigenvalue weighted by molar-refractivity contribution is -0.137. The highest BCUT2D eigenvalue weighted by molar-refractivity contribution is 5.91. The zero-order chi connectivity index (χ0) is 25.3. The average molecular weight is 497 g/mol. The van der Waals surface area contributed by atoms with Gasteiger partial charge in [0, 0.05) is 37.1 Å². The van der Waals surface area contributed by atoms with E-state index in [1.807, 2.05) is 18.3 Å². The molecule has 2 aromatic heterocycles. The molecule has 0 radical (unpaired) electrons. The van der Waals surface area contributed by atoms with Crippen molar-refractivity contribution < 1.29 is 26.8 Å². The number of rotatable bonds is 6. The van der Waals surface area contributed by atoms with E-state index in [1.54, 1.807) is 24.3 Å². The van der Waals surface area contributed by atoms with Crippen molar-refractivity contribution in [2.75, 3.05) is 6.54 Å². The SMILES string of the molecule is O=C(NCc1cccc(C(F)(F)F)c1)c1ccc(CN2CCn3cccc3[C@@H]2c2ccccc2F)o1. The van der Waals surface area contributed by atoms with Crippen LogP contribution in [0.3, 0.4) is 0 Å². The van der Waals surface area contributed by atoms with Crippen LogP contribution in [0, 0.1) is 5.82 Å². The Morgan fingerprint density at radius 3 is 2.64 bits per heavy atom. The molecule has 2 aromatic carbocycles. The van der Waals surface area contributed by atoms with E-state index in [-0.39, 0.29) is 24.2 Å². The first kappa shape index (κ1) is 23.9. The molecule has 0 saturated carbocycles. The number of benzene rings is 2. The van der Waals surface area contributed by atoms with Gasteiger partial charge in [0.05, 0.1) is 18.2 Å². The summed E-state index contributed by atoms with van der Waals surface area (Å²) >= 11 is 0. The van der Waals surface area contributed by atoms with Crippen LogP contribution >= 0.6 is 0 Å². The van der Waals surface area contributed by atoms with E-state index in [1.165, 1.54) is 24.3 Å². The van der Waals surface area contributed by atoms with Crippen LogP contribution in [0.25, 0.3) is 0 Å². The van der Waals surface area contributed by atoms with Crippen LogP contribution in [0.1, 0.15) is 44.7 Å². The van der Waals surface area contributed by atoms with Crippen LogP contribution < -0.4 is 5.32 Å². The molecule has 5 nitrogen and oxygen atoms in total. The maximum absolute atomic E-state index is 14.7. The molecule has 1 N–H and O–H groups in total. The van der Waals surface area contributed by atoms with Crippen LogP contribution in [0.4, 0.5) is 17.6 Å². The minimum atomic E-state index is -4.45. The fraction of sp³-hybridized carbons (Fsp3) is 0.222. The number of amides is 1. The number of hydrogen-bond donors (Lipinski definition) is 1. The van der Waals surface area contributed by atoms with Crippen molar-refractivity contribution in [2.24, 2.45) is 0 Å². The maximum atomic E-state index is 14.7. The Balaban J connectivity index is 1.29. The number of hydrogen-bond acceptors (Lipinski definition) is 3. The number of aromatic nitrogens is 1. The van der Waals surface area contributed by atoms with Gasteiger partial charge in [-0.25, -0.2) is 4.39 Å². The Morgan fingerprint density at radius 2 is 1.83 bits per heavy atom. The van der Waals surface area contributed by atoms with Crippen LogP contribution in [0.5, 0.6) is 0 Å². The summed E-state index contributed by atoms with van der Waals surface area (Å²) < 4.78 is 61.4. The molecule has 1 atom stereocenters. The largest absolute Gasteiger partial charge is 0.455 e. The Morgan fingerprint density at radius 1 is 1.00 bits per heavy atom. The molecule has 1 amide bonds. The van der Waals surface area contributed by atoms with Crippen molar-refractivity contribution in [3.05, 3.63) is 119 Å². The zero-order valence-corrected chi connectivity index (χ0v) is 19.1. The van der Waals surface area contributed by atoms with Gasteiger partial charge >= 0.3 is 6.18 Å². The van der Waals surface area contributed by atoms with E-state index < -0.39 is 17.6 Å². The first-order valence-electron chi connectivity index (χ1n) is 11.5. The molecular weight excluding hydrogens is 474 g/mol. The van der Waals surface area contributed by atoms with Crippen molar-refractivity contribution in [3.63, 3.8) is 0 Å². The van der Waals surface area contributed by atoms with E-state index in [0.717, 1.165) is 24.4 Å². The topological polar surface area (TPSA) is 50.4 Å². The molecule has 9 heteroatoms. The number of halogens is 4. The average Bonchev–Trinajstić information content (AvgIpc) is 3.53. The minimum absolute atomic E-state index is 0.0554. The molecule has 186 valence electrons. The first-order valence-corrected chi connectivity index (χ1v) is 11.5. The molecule has 4 aromatic rings. The Bertz CT molecular complexity index is 1380. The van der Waals surface area contributed by atoms with Gasteiger partial charge in [0.25, 0.3) is 5.91 Å². The Labute approximate surface area is 204 Å². The second-order valence-corrected chi connectivity index (χ2v) is 8.67. The predicted molar refractivity (Wildman–Crippen MR) is 124 cm³/mol. The van der Waals surface area contributed by atoms with Gasteiger partial charge in [0.1, 0.15) is 11.6 Å². The van der Waals surface area contributed by atoms with Crippen molar-refractivity contribution in [2.45, 2.75) is 31.9 Å². The third-order valence-corrected chi connectivity index (χ3v) is 6.29. The third-order valence-electron chi connectivity index (χ3n) is 6.29. The van der Waals surface area contributed by atoms with E-state index in [2.05, 4.69) is 14.8 Å². The van der Waals surface area contributed by atoms with E-state index in [0.29, 0.717) is 30.0 Å². The van der Waals surface area contributed by atoms with Crippen molar-refractivity contribution in [3.8, 4) is 0 Å². The second kappa shape index (κ2) is 9.66. The molecular formula is C27H23F4N3O2. The van der Waals surface area contributed by atoms with Crippen LogP contribution in [0.2, 0.25) is 0 Å². The van der Waals surface area contributed by atoms with Crippen LogP contribution in [0.15, 0.2) is 83.4 Å². The quantitative estimate of drug-likeness (QED) is 0.344. The number of fused-ring (bicyclic) bond motifs is 1. The van der Waals surface area contributed by atoms with Gasteiger partial charge in [-0.05, 0) is 48.0 Å². The molecule has 1 aliphatic rings. The van der Waals surface area contributed by atoms with Crippen molar-refractivity contribution in [1.29, 1.82) is 0 Å². The molecule has 3 heterocycles. The summed E-state index contributed by atoms with van der Waals surface area (Å²) in [7, 11) is 0. The van der Waals surface area contributed by atoms with Gasteiger partial charge < -0.3 is 14.3 Å². The molecule has 0 aliphatic carbocycles. The number of alkyl halides is 3. The van der Waals surface area contributed by atoms with Gasteiger partial charge in [-0.1, -0.05) is 30.3 Å². The fourth-order valence-corrected chi connectivity index (χ4v) is 4.57. The smallest absolute Gasteiger partial charge is 0.416 e. The molecule has 0 fully saturated rings. The van der Waals surface area contributed by atoms with E-state index in [4.69, 9.17) is 4.42 Å². The van der Waals surface area contributed by atoms with Gasteiger partial charge in [0.2, 0.25) is 0 Å². The fourth-order valence-electron chi connectivity index (χ4n) is 4.57. The number of carbonyl (C=O) groups excluding carboxylic acids is 1. The van der Waals surface area contributed by atoms with Gasteiger partial charge in [-0.15, -0.1) is 0 Å². The highest BCUT2D eigenvalue weighted by Crippen LogP contribution is 2.35. The highest BCUT2D eigenvalue weighted by atomic mass is 19.4. The summed E-state index contributed by atoms with van der Waals surface area (Å²) in [5.74, 6) is -0.242. The standard InChI is InChI=1S/C27H23F4N3O2/c28-22-8-2-1-7-21(22)25-23-9-4-12-33(23)13-14-34(25)17-20-10-11-24(36-20)26(35)32-16-18-5-3-6-19(15-18)27(29,30)31/h1-12,15,25H,13-14,16-17H2,(H,32,35)/t25-/m0/s1. The molecule has 1 aliphatic heterocycles. The second-order valence-electron chi connectivity index (χ2n) is 8.67. The summed E-state index contributed by atoms with van der Waals surface area (Å²) in [4.78, 5) is 14.7. The lowest BCUT2D eigenvalue weighted by Crippen LogP contribution is -2.38. The van der Waals surface area contributed by atoms with Gasteiger partial charge in [-0.3, -0.25) is 9.69 Å². The zero-order valence-electron chi connectivity index (χ0n) is 19.1. The molecule has 0 unspecified atom stereocenters. The number of carbonyl (C=O) groups is 1. The van der Waals surface area contributed by atoms with Crippen LogP contribution in [-0.4, -0.2) is 21.9 Å². The van der Waals surface area contributed by atoms with Crippen LogP contribution in [-0.2, 0) is 25.8 Å². The molecule has 0 bridgehead atoms. The highest BCUT2D eigenvalue weighted by Gasteiger charge is 2.32. The van der Waals surface area contributed by atoms with E-state index in [9.17, 15) is 22.4 Å². The molecule has 0 saturated heterocycles. The lowest BCUT2D eigenvalue weighted by atomic mass is 9.99. The normalized spacial score (nSPS) is 16.1. The number of furan rings is 1. The summed E-state index contributed by atoms with van der Waals surface area (Å²) in [6, 6.07) is 18.3. The maximum Gasteiger partial charge on any atom is 0.416 e. The molecule has 0 spiro atoms. The number of nitrogens with zero attached hydrogens (tertiary/aromatic N) is 2. The predicted octanol–water partition coefficient (Wildman–Crippen LogP) is 5.77. The molecule has 5 rings (SSSR count). The minimum Gasteiger partial charge on any atom is -0.455 e. The van der Waals surface area contributed by atoms with Gasteiger partial charge in [-0.2, -0.15) is 13.2 Å². The summed E-state index contributed by atoms with van der Waals surface area (Å²) in [6.45, 7) is 1.67. The third kappa shape index (κ3) is 4.92.